The summed E-state index contributed by atoms with van der Waals surface area (Å²) in [6.45, 7) is 2.88. The zero-order valence-corrected chi connectivity index (χ0v) is 13.3. The zero-order valence-electron chi connectivity index (χ0n) is 11.8. The minimum atomic E-state index is 0. The van der Waals surface area contributed by atoms with Gasteiger partial charge in [0.2, 0.25) is 0 Å². The van der Waals surface area contributed by atoms with E-state index in [2.05, 4.69) is 5.32 Å². The van der Waals surface area contributed by atoms with Gasteiger partial charge in [0, 0.05) is 24.2 Å². The van der Waals surface area contributed by atoms with Gasteiger partial charge in [-0.1, -0.05) is 11.6 Å². The Bertz CT molecular complexity index is 481. The van der Waals surface area contributed by atoms with Crippen molar-refractivity contribution >= 4 is 29.9 Å². The summed E-state index contributed by atoms with van der Waals surface area (Å²) in [6.07, 6.45) is 2.23. The molecule has 1 aromatic rings. The minimum Gasteiger partial charge on any atom is -0.484 e. The Balaban J connectivity index is 0.00000161. The number of carbonyl (C=O) groups excluding carboxylic acids is 1. The lowest BCUT2D eigenvalue weighted by atomic mass is 9.93. The smallest absolute Gasteiger partial charge is 0.260 e. The number of hydrogen-bond acceptors (Lipinski definition) is 3. The topological polar surface area (TPSA) is 41.6 Å². The Hall–Kier alpha value is -0.970. The molecule has 2 aliphatic rings. The molecule has 6 heteroatoms. The van der Waals surface area contributed by atoms with Gasteiger partial charge in [-0.2, -0.15) is 0 Å². The second kappa shape index (κ2) is 7.34. The molecule has 0 aliphatic carbocycles. The summed E-state index contributed by atoms with van der Waals surface area (Å²) in [5.74, 6) is 1.37. The summed E-state index contributed by atoms with van der Waals surface area (Å²) in [5, 5.41) is 4.17. The number of carbonyl (C=O) groups is 1. The van der Waals surface area contributed by atoms with E-state index >= 15 is 0 Å². The number of benzene rings is 1. The van der Waals surface area contributed by atoms with Crippen LogP contribution in [0.3, 0.4) is 0 Å². The first kappa shape index (κ1) is 16.4. The van der Waals surface area contributed by atoms with E-state index in [1.807, 2.05) is 4.90 Å². The first-order valence-electron chi connectivity index (χ1n) is 7.12. The second-order valence-electron chi connectivity index (χ2n) is 5.48. The third-order valence-electron chi connectivity index (χ3n) is 4.18. The average molecular weight is 331 g/mol. The van der Waals surface area contributed by atoms with E-state index in [0.717, 1.165) is 26.1 Å². The van der Waals surface area contributed by atoms with Crippen LogP contribution in [-0.2, 0) is 4.79 Å². The van der Waals surface area contributed by atoms with Crippen LogP contribution in [0.25, 0.3) is 0 Å². The molecule has 116 valence electrons. The first-order valence-corrected chi connectivity index (χ1v) is 7.50. The quantitative estimate of drug-likeness (QED) is 0.924. The molecule has 1 N–H and O–H groups in total. The SMILES string of the molecule is Cl.O=C(COc1ccc(Cl)cc1)N1CCC2NCCC2C1. The maximum Gasteiger partial charge on any atom is 0.260 e. The Morgan fingerprint density at radius 3 is 2.86 bits per heavy atom. The lowest BCUT2D eigenvalue weighted by Gasteiger charge is -2.34. The van der Waals surface area contributed by atoms with Crippen molar-refractivity contribution in [2.75, 3.05) is 26.2 Å². The van der Waals surface area contributed by atoms with Gasteiger partial charge in [-0.25, -0.2) is 0 Å². The fraction of sp³-hybridized carbons (Fsp3) is 0.533. The van der Waals surface area contributed by atoms with Crippen LogP contribution >= 0.6 is 24.0 Å². The highest BCUT2D eigenvalue weighted by Gasteiger charge is 2.34. The highest BCUT2D eigenvalue weighted by atomic mass is 35.5. The third kappa shape index (κ3) is 4.02. The van der Waals surface area contributed by atoms with Crippen molar-refractivity contribution < 1.29 is 9.53 Å². The van der Waals surface area contributed by atoms with Crippen molar-refractivity contribution in [2.45, 2.75) is 18.9 Å². The molecule has 0 aromatic heterocycles. The molecule has 21 heavy (non-hydrogen) atoms. The van der Waals surface area contributed by atoms with E-state index in [-0.39, 0.29) is 24.9 Å². The maximum atomic E-state index is 12.2. The largest absolute Gasteiger partial charge is 0.484 e. The van der Waals surface area contributed by atoms with Crippen LogP contribution in [0.15, 0.2) is 24.3 Å². The van der Waals surface area contributed by atoms with Crippen LogP contribution < -0.4 is 10.1 Å². The number of likely N-dealkylation sites (tertiary alicyclic amines) is 1. The molecule has 2 fully saturated rings. The fourth-order valence-corrected chi connectivity index (χ4v) is 3.17. The molecule has 3 rings (SSSR count). The molecule has 0 saturated carbocycles. The number of fused-ring (bicyclic) bond motifs is 1. The van der Waals surface area contributed by atoms with Crippen molar-refractivity contribution in [1.82, 2.24) is 10.2 Å². The first-order chi connectivity index (χ1) is 9.72. The van der Waals surface area contributed by atoms with E-state index < -0.39 is 0 Å². The molecule has 2 heterocycles. The van der Waals surface area contributed by atoms with Crippen LogP contribution in [0.4, 0.5) is 0 Å². The number of halogens is 2. The molecule has 2 aliphatic heterocycles. The van der Waals surface area contributed by atoms with Crippen LogP contribution in [0, 0.1) is 5.92 Å². The Morgan fingerprint density at radius 1 is 1.33 bits per heavy atom. The van der Waals surface area contributed by atoms with Crippen molar-refractivity contribution in [2.24, 2.45) is 5.92 Å². The summed E-state index contributed by atoms with van der Waals surface area (Å²) in [7, 11) is 0. The Labute approximate surface area is 136 Å². The number of nitrogens with one attached hydrogen (secondary N) is 1. The summed E-state index contributed by atoms with van der Waals surface area (Å²) in [6, 6.07) is 7.69. The molecule has 1 amide bonds. The van der Waals surface area contributed by atoms with Gasteiger partial charge in [0.05, 0.1) is 0 Å². The summed E-state index contributed by atoms with van der Waals surface area (Å²) in [5.41, 5.74) is 0. The van der Waals surface area contributed by atoms with E-state index in [1.54, 1.807) is 24.3 Å². The minimum absolute atomic E-state index is 0. The highest BCUT2D eigenvalue weighted by molar-refractivity contribution is 6.30. The predicted molar refractivity (Wildman–Crippen MR) is 85.3 cm³/mol. The van der Waals surface area contributed by atoms with Gasteiger partial charge < -0.3 is 15.0 Å². The van der Waals surface area contributed by atoms with E-state index in [1.165, 1.54) is 6.42 Å². The van der Waals surface area contributed by atoms with Gasteiger partial charge in [0.15, 0.2) is 6.61 Å². The highest BCUT2D eigenvalue weighted by Crippen LogP contribution is 2.24. The number of hydrogen-bond donors (Lipinski definition) is 1. The standard InChI is InChI=1S/C15H19ClN2O2.ClH/c16-12-1-3-13(4-2-12)20-10-15(19)18-8-6-14-11(9-18)5-7-17-14;/h1-4,11,14,17H,5-10H2;1H. The number of nitrogens with zero attached hydrogens (tertiary/aromatic N) is 1. The molecular formula is C15H20Cl2N2O2. The second-order valence-corrected chi connectivity index (χ2v) is 5.92. The van der Waals surface area contributed by atoms with Gasteiger partial charge in [-0.15, -0.1) is 12.4 Å². The van der Waals surface area contributed by atoms with Crippen molar-refractivity contribution in [3.8, 4) is 5.75 Å². The zero-order chi connectivity index (χ0) is 13.9. The van der Waals surface area contributed by atoms with Crippen molar-refractivity contribution in [1.29, 1.82) is 0 Å². The number of rotatable bonds is 3. The van der Waals surface area contributed by atoms with Crippen LogP contribution in [0.1, 0.15) is 12.8 Å². The predicted octanol–water partition coefficient (Wildman–Crippen LogP) is 2.35. The molecule has 2 saturated heterocycles. The molecule has 0 spiro atoms. The summed E-state index contributed by atoms with van der Waals surface area (Å²) < 4.78 is 5.52. The molecule has 1 aromatic carbocycles. The van der Waals surface area contributed by atoms with Crippen LogP contribution in [0.5, 0.6) is 5.75 Å². The molecule has 0 radical (unpaired) electrons. The lowest BCUT2D eigenvalue weighted by molar-refractivity contribution is -0.135. The monoisotopic (exact) mass is 330 g/mol. The third-order valence-corrected chi connectivity index (χ3v) is 4.44. The number of piperidine rings is 1. The van der Waals surface area contributed by atoms with Crippen molar-refractivity contribution in [3.05, 3.63) is 29.3 Å². The maximum absolute atomic E-state index is 12.2. The van der Waals surface area contributed by atoms with Gasteiger partial charge in [-0.3, -0.25) is 4.79 Å². The molecule has 2 unspecified atom stereocenters. The summed E-state index contributed by atoms with van der Waals surface area (Å²) in [4.78, 5) is 14.1. The van der Waals surface area contributed by atoms with E-state index in [0.29, 0.717) is 22.7 Å². The van der Waals surface area contributed by atoms with Crippen LogP contribution in [0.2, 0.25) is 5.02 Å². The van der Waals surface area contributed by atoms with Gasteiger partial charge >= 0.3 is 0 Å². The van der Waals surface area contributed by atoms with Gasteiger partial charge in [-0.05, 0) is 49.6 Å². The Morgan fingerprint density at radius 2 is 2.10 bits per heavy atom. The molecule has 0 bridgehead atoms. The van der Waals surface area contributed by atoms with E-state index in [4.69, 9.17) is 16.3 Å². The normalized spacial score (nSPS) is 24.1. The van der Waals surface area contributed by atoms with Gasteiger partial charge in [0.1, 0.15) is 5.75 Å². The number of ether oxygens (including phenoxy) is 1. The molecule has 4 nitrogen and oxygen atoms in total. The van der Waals surface area contributed by atoms with Crippen LogP contribution in [-0.4, -0.2) is 43.1 Å². The Kier molecular flexibility index (Phi) is 5.73. The van der Waals surface area contributed by atoms with Gasteiger partial charge in [0.25, 0.3) is 5.91 Å². The fourth-order valence-electron chi connectivity index (χ4n) is 3.04. The number of amides is 1. The lowest BCUT2D eigenvalue weighted by Crippen LogP contribution is -2.48. The average Bonchev–Trinajstić information content (AvgIpc) is 2.93. The van der Waals surface area contributed by atoms with E-state index in [9.17, 15) is 4.79 Å². The molecule has 2 atom stereocenters. The van der Waals surface area contributed by atoms with Crippen molar-refractivity contribution in [3.63, 3.8) is 0 Å². The molecular weight excluding hydrogens is 311 g/mol. The summed E-state index contributed by atoms with van der Waals surface area (Å²) >= 11 is 5.81.